The number of nitriles is 1. The number of sulfonamides is 1. The molecular weight excluding hydrogens is 398 g/mol. The fourth-order valence-electron chi connectivity index (χ4n) is 3.67. The largest absolute Gasteiger partial charge is 0.353 e. The number of carbonyl (C=O) groups is 1. The minimum absolute atomic E-state index is 0.00554. The molecule has 7 heteroatoms. The van der Waals surface area contributed by atoms with Crippen molar-refractivity contribution in [3.63, 3.8) is 0 Å². The molecule has 6 nitrogen and oxygen atoms in total. The van der Waals surface area contributed by atoms with Gasteiger partial charge in [0.2, 0.25) is 15.9 Å². The van der Waals surface area contributed by atoms with E-state index in [0.717, 1.165) is 12.8 Å². The van der Waals surface area contributed by atoms with Crippen molar-refractivity contribution in [1.82, 2.24) is 9.62 Å². The molecule has 1 aliphatic heterocycles. The van der Waals surface area contributed by atoms with E-state index in [0.29, 0.717) is 31.5 Å². The Bertz CT molecular complexity index is 990. The Morgan fingerprint density at radius 3 is 2.37 bits per heavy atom. The second-order valence-electron chi connectivity index (χ2n) is 7.75. The quantitative estimate of drug-likeness (QED) is 0.738. The van der Waals surface area contributed by atoms with Gasteiger partial charge in [0, 0.05) is 25.0 Å². The Hall–Kier alpha value is -2.69. The van der Waals surface area contributed by atoms with Crippen LogP contribution in [0.15, 0.2) is 59.5 Å². The molecule has 30 heavy (non-hydrogen) atoms. The molecule has 1 amide bonds. The molecule has 1 unspecified atom stereocenters. The van der Waals surface area contributed by atoms with Crippen LogP contribution < -0.4 is 5.32 Å². The topological polar surface area (TPSA) is 90.3 Å². The number of hydrogen-bond acceptors (Lipinski definition) is 4. The van der Waals surface area contributed by atoms with Crippen molar-refractivity contribution in [1.29, 1.82) is 5.26 Å². The number of aryl methyl sites for hydroxylation is 1. The monoisotopic (exact) mass is 425 g/mol. The lowest BCUT2D eigenvalue weighted by Gasteiger charge is -2.31. The van der Waals surface area contributed by atoms with Crippen LogP contribution in [0, 0.1) is 17.2 Å². The molecule has 3 rings (SSSR count). The summed E-state index contributed by atoms with van der Waals surface area (Å²) in [6, 6.07) is 18.2. The number of benzene rings is 2. The summed E-state index contributed by atoms with van der Waals surface area (Å²) < 4.78 is 27.0. The van der Waals surface area contributed by atoms with Gasteiger partial charge < -0.3 is 5.32 Å². The maximum absolute atomic E-state index is 12.8. The van der Waals surface area contributed by atoms with Gasteiger partial charge in [0.25, 0.3) is 0 Å². The zero-order valence-corrected chi connectivity index (χ0v) is 17.9. The van der Waals surface area contributed by atoms with E-state index in [1.165, 1.54) is 34.1 Å². The van der Waals surface area contributed by atoms with E-state index >= 15 is 0 Å². The average Bonchev–Trinajstić information content (AvgIpc) is 2.78. The Morgan fingerprint density at radius 1 is 1.13 bits per heavy atom. The first-order chi connectivity index (χ1) is 14.4. The summed E-state index contributed by atoms with van der Waals surface area (Å²) in [5.41, 5.74) is 1.67. The molecule has 1 N–H and O–H groups in total. The van der Waals surface area contributed by atoms with Crippen molar-refractivity contribution in [2.45, 2.75) is 43.5 Å². The van der Waals surface area contributed by atoms with Gasteiger partial charge >= 0.3 is 0 Å². The second-order valence-corrected chi connectivity index (χ2v) is 9.69. The molecule has 0 spiro atoms. The van der Waals surface area contributed by atoms with E-state index in [-0.39, 0.29) is 22.8 Å². The van der Waals surface area contributed by atoms with Crippen LogP contribution in [0.25, 0.3) is 0 Å². The van der Waals surface area contributed by atoms with Crippen LogP contribution in [0.2, 0.25) is 0 Å². The maximum Gasteiger partial charge on any atom is 0.243 e. The average molecular weight is 426 g/mol. The van der Waals surface area contributed by atoms with E-state index in [9.17, 15) is 13.2 Å². The Kier molecular flexibility index (Phi) is 7.24. The zero-order chi connectivity index (χ0) is 21.6. The van der Waals surface area contributed by atoms with E-state index in [4.69, 9.17) is 5.26 Å². The molecular formula is C23H27N3O3S. The van der Waals surface area contributed by atoms with Crippen LogP contribution >= 0.6 is 0 Å². The lowest BCUT2D eigenvalue weighted by atomic mass is 9.96. The van der Waals surface area contributed by atoms with Crippen LogP contribution in [0.5, 0.6) is 0 Å². The van der Waals surface area contributed by atoms with Crippen molar-refractivity contribution in [2.75, 3.05) is 13.1 Å². The number of nitrogens with one attached hydrogen (secondary N) is 1. The summed E-state index contributed by atoms with van der Waals surface area (Å²) in [6.07, 6.45) is 2.78. The highest BCUT2D eigenvalue weighted by molar-refractivity contribution is 7.89. The second kappa shape index (κ2) is 9.88. The summed E-state index contributed by atoms with van der Waals surface area (Å²) in [6.45, 7) is 2.64. The summed E-state index contributed by atoms with van der Waals surface area (Å²) in [5.74, 6) is -0.164. The fourth-order valence-corrected chi connectivity index (χ4v) is 5.14. The minimum Gasteiger partial charge on any atom is -0.353 e. The van der Waals surface area contributed by atoms with Gasteiger partial charge in [0.1, 0.15) is 0 Å². The van der Waals surface area contributed by atoms with E-state index < -0.39 is 10.0 Å². The third-order valence-corrected chi connectivity index (χ3v) is 7.46. The third-order valence-electron chi connectivity index (χ3n) is 5.54. The number of amides is 1. The Balaban J connectivity index is 1.49. The van der Waals surface area contributed by atoms with Crippen molar-refractivity contribution in [3.05, 3.63) is 65.7 Å². The molecule has 1 fully saturated rings. The van der Waals surface area contributed by atoms with Crippen LogP contribution in [0.3, 0.4) is 0 Å². The van der Waals surface area contributed by atoms with Crippen LogP contribution in [0.1, 0.15) is 37.3 Å². The summed E-state index contributed by atoms with van der Waals surface area (Å²) >= 11 is 0. The van der Waals surface area contributed by atoms with Gasteiger partial charge in [-0.15, -0.1) is 0 Å². The van der Waals surface area contributed by atoms with Gasteiger partial charge in [-0.05, 0) is 62.4 Å². The predicted molar refractivity (Wildman–Crippen MR) is 115 cm³/mol. The molecule has 2 aromatic carbocycles. The summed E-state index contributed by atoms with van der Waals surface area (Å²) in [5, 5.41) is 11.9. The number of hydrogen-bond donors (Lipinski definition) is 1. The first kappa shape index (κ1) is 22.0. The maximum atomic E-state index is 12.8. The van der Waals surface area contributed by atoms with E-state index in [1.54, 1.807) is 0 Å². The van der Waals surface area contributed by atoms with Crippen molar-refractivity contribution in [3.8, 4) is 6.07 Å². The Morgan fingerprint density at radius 2 is 1.77 bits per heavy atom. The normalized spacial score (nSPS) is 16.5. The molecule has 2 aromatic rings. The first-order valence-electron chi connectivity index (χ1n) is 10.2. The summed E-state index contributed by atoms with van der Waals surface area (Å²) in [4.78, 5) is 12.8. The lowest BCUT2D eigenvalue weighted by molar-refractivity contribution is -0.126. The molecule has 1 heterocycles. The predicted octanol–water partition coefficient (Wildman–Crippen LogP) is 3.10. The molecule has 0 aliphatic carbocycles. The molecule has 158 valence electrons. The van der Waals surface area contributed by atoms with Gasteiger partial charge in [0.05, 0.1) is 16.5 Å². The van der Waals surface area contributed by atoms with E-state index in [1.807, 2.05) is 31.2 Å². The van der Waals surface area contributed by atoms with Gasteiger partial charge in [-0.2, -0.15) is 9.57 Å². The number of piperidine rings is 1. The molecule has 0 bridgehead atoms. The zero-order valence-electron chi connectivity index (χ0n) is 17.1. The van der Waals surface area contributed by atoms with Crippen LogP contribution in [-0.4, -0.2) is 37.8 Å². The highest BCUT2D eigenvalue weighted by atomic mass is 32.2. The smallest absolute Gasteiger partial charge is 0.243 e. The molecule has 1 aliphatic rings. The molecule has 0 radical (unpaired) electrons. The first-order valence-corrected chi connectivity index (χ1v) is 11.7. The highest BCUT2D eigenvalue weighted by Gasteiger charge is 2.32. The lowest BCUT2D eigenvalue weighted by Crippen LogP contribution is -2.44. The standard InChI is InChI=1S/C23H27N3O3S/c1-18(7-8-19-5-3-2-4-6-19)25-23(27)21-13-15-26(16-14-21)30(28,29)22-11-9-20(17-24)10-12-22/h2-6,9-12,18,21H,7-8,13-16H2,1H3,(H,25,27). The number of nitrogens with zero attached hydrogens (tertiary/aromatic N) is 2. The fraction of sp³-hybridized carbons (Fsp3) is 0.391. The third kappa shape index (κ3) is 5.47. The van der Waals surface area contributed by atoms with Gasteiger partial charge in [-0.25, -0.2) is 8.42 Å². The molecule has 1 saturated heterocycles. The van der Waals surface area contributed by atoms with Crippen molar-refractivity contribution < 1.29 is 13.2 Å². The summed E-state index contributed by atoms with van der Waals surface area (Å²) in [7, 11) is -3.61. The van der Waals surface area contributed by atoms with Crippen LogP contribution in [-0.2, 0) is 21.2 Å². The highest BCUT2D eigenvalue weighted by Crippen LogP contribution is 2.24. The SMILES string of the molecule is CC(CCc1ccccc1)NC(=O)C1CCN(S(=O)(=O)c2ccc(C#N)cc2)CC1. The van der Waals surface area contributed by atoms with Gasteiger partial charge in [-0.3, -0.25) is 4.79 Å². The van der Waals surface area contributed by atoms with Gasteiger partial charge in [0.15, 0.2) is 0 Å². The Labute approximate surface area is 178 Å². The van der Waals surface area contributed by atoms with Gasteiger partial charge in [-0.1, -0.05) is 30.3 Å². The number of rotatable bonds is 7. The molecule has 0 saturated carbocycles. The van der Waals surface area contributed by atoms with E-state index in [2.05, 4.69) is 17.4 Å². The number of carbonyl (C=O) groups excluding carboxylic acids is 1. The molecule has 1 atom stereocenters. The molecule has 0 aromatic heterocycles. The minimum atomic E-state index is -3.61. The van der Waals surface area contributed by atoms with Crippen molar-refractivity contribution >= 4 is 15.9 Å². The van der Waals surface area contributed by atoms with Crippen LogP contribution in [0.4, 0.5) is 0 Å². The van der Waals surface area contributed by atoms with Crippen molar-refractivity contribution in [2.24, 2.45) is 5.92 Å².